The van der Waals surface area contributed by atoms with E-state index in [1.165, 1.54) is 19.1 Å². The van der Waals surface area contributed by atoms with Gasteiger partial charge in [-0.25, -0.2) is 0 Å². The first-order valence-electron chi connectivity index (χ1n) is 8.42. The zero-order valence-electron chi connectivity index (χ0n) is 14.5. The Balaban J connectivity index is 2.00. The van der Waals surface area contributed by atoms with Crippen molar-refractivity contribution in [2.24, 2.45) is 5.92 Å². The Morgan fingerprint density at radius 3 is 2.36 bits per heavy atom. The van der Waals surface area contributed by atoms with Crippen molar-refractivity contribution in [3.05, 3.63) is 29.8 Å². The molecule has 1 aromatic carbocycles. The van der Waals surface area contributed by atoms with E-state index in [1.807, 2.05) is 0 Å². The number of nitrogens with zero attached hydrogens (tertiary/aromatic N) is 1. The first-order valence-corrected chi connectivity index (χ1v) is 8.42. The monoisotopic (exact) mass is 354 g/mol. The molecule has 0 saturated heterocycles. The lowest BCUT2D eigenvalue weighted by atomic mass is 9.96. The van der Waals surface area contributed by atoms with Crippen molar-refractivity contribution in [1.29, 1.82) is 0 Å². The van der Waals surface area contributed by atoms with Crippen molar-refractivity contribution in [2.45, 2.75) is 51.8 Å². The summed E-state index contributed by atoms with van der Waals surface area (Å²) in [6.45, 7) is -1.12. The van der Waals surface area contributed by atoms with Crippen LogP contribution in [0.1, 0.15) is 38.2 Å². The Labute approximate surface area is 146 Å². The Kier molecular flexibility index (Phi) is 6.73. The second-order valence-electron chi connectivity index (χ2n) is 6.44. The number of hydrogen-bond acceptors (Lipinski definition) is 3. The third-order valence-electron chi connectivity index (χ3n) is 4.44. The molecule has 1 saturated carbocycles. The molecule has 0 aliphatic heterocycles. The van der Waals surface area contributed by atoms with Gasteiger partial charge < -0.3 is 15.0 Å². The summed E-state index contributed by atoms with van der Waals surface area (Å²) in [5.74, 6) is -0.0994. The maximum atomic E-state index is 12.8. The highest BCUT2D eigenvalue weighted by molar-refractivity contribution is 5.87. The van der Waals surface area contributed by atoms with Crippen LogP contribution in [-0.2, 0) is 16.1 Å². The number of benzene rings is 1. The topological polar surface area (TPSA) is 58.6 Å². The lowest BCUT2D eigenvalue weighted by molar-refractivity contribution is -0.137. The molecule has 0 heterocycles. The van der Waals surface area contributed by atoms with E-state index in [0.717, 1.165) is 31.2 Å². The summed E-state index contributed by atoms with van der Waals surface area (Å²) < 4.78 is 28.6. The number of amides is 2. The van der Waals surface area contributed by atoms with Crippen LogP contribution in [0.15, 0.2) is 24.3 Å². The molecular weight excluding hydrogens is 330 g/mol. The average molecular weight is 354 g/mol. The standard InChI is InChI=1S/C18H24F2N2O3/c1-12(23)21-16(14-5-3-4-6-14)17(24)22(2)11-13-7-9-15(10-8-13)25-18(19)20/h7-10,14,16,18H,3-6,11H2,1-2H3,(H,21,23). The van der Waals surface area contributed by atoms with Crippen LogP contribution in [0.25, 0.3) is 0 Å². The minimum atomic E-state index is -2.86. The quantitative estimate of drug-likeness (QED) is 0.819. The summed E-state index contributed by atoms with van der Waals surface area (Å²) >= 11 is 0. The summed E-state index contributed by atoms with van der Waals surface area (Å²) in [7, 11) is 1.68. The summed E-state index contributed by atoms with van der Waals surface area (Å²) in [5, 5.41) is 2.79. The molecule has 5 nitrogen and oxygen atoms in total. The van der Waals surface area contributed by atoms with Crippen LogP contribution < -0.4 is 10.1 Å². The molecule has 0 radical (unpaired) electrons. The van der Waals surface area contributed by atoms with Gasteiger partial charge in [-0.3, -0.25) is 9.59 Å². The summed E-state index contributed by atoms with van der Waals surface area (Å²) in [6.07, 6.45) is 4.01. The Morgan fingerprint density at radius 1 is 1.24 bits per heavy atom. The zero-order chi connectivity index (χ0) is 18.4. The smallest absolute Gasteiger partial charge is 0.387 e. The predicted molar refractivity (Wildman–Crippen MR) is 89.1 cm³/mol. The fraction of sp³-hybridized carbons (Fsp3) is 0.556. The lowest BCUT2D eigenvalue weighted by Crippen LogP contribution is -2.50. The maximum Gasteiger partial charge on any atom is 0.387 e. The maximum absolute atomic E-state index is 12.8. The van der Waals surface area contributed by atoms with Gasteiger partial charge in [0.25, 0.3) is 0 Å². The molecule has 7 heteroatoms. The highest BCUT2D eigenvalue weighted by Gasteiger charge is 2.33. The summed E-state index contributed by atoms with van der Waals surface area (Å²) in [5.41, 5.74) is 0.797. The van der Waals surface area contributed by atoms with Crippen LogP contribution in [0.2, 0.25) is 0 Å². The fourth-order valence-electron chi connectivity index (χ4n) is 3.26. The van der Waals surface area contributed by atoms with Crippen LogP contribution in [0.5, 0.6) is 5.75 Å². The molecule has 1 aliphatic carbocycles. The van der Waals surface area contributed by atoms with E-state index in [2.05, 4.69) is 10.1 Å². The van der Waals surface area contributed by atoms with Gasteiger partial charge in [-0.2, -0.15) is 8.78 Å². The van der Waals surface area contributed by atoms with Gasteiger partial charge in [0.2, 0.25) is 11.8 Å². The molecule has 1 fully saturated rings. The first-order chi connectivity index (χ1) is 11.9. The number of hydrogen-bond donors (Lipinski definition) is 1. The molecule has 0 aromatic heterocycles. The average Bonchev–Trinajstić information content (AvgIpc) is 3.07. The van der Waals surface area contributed by atoms with Gasteiger partial charge in [-0.1, -0.05) is 25.0 Å². The Morgan fingerprint density at radius 2 is 1.84 bits per heavy atom. The van der Waals surface area contributed by atoms with Crippen molar-refractivity contribution in [2.75, 3.05) is 7.05 Å². The largest absolute Gasteiger partial charge is 0.435 e. The third-order valence-corrected chi connectivity index (χ3v) is 4.44. The molecule has 2 rings (SSSR count). The number of carbonyl (C=O) groups excluding carboxylic acids is 2. The molecule has 0 spiro atoms. The first kappa shape index (κ1) is 19.1. The van der Waals surface area contributed by atoms with E-state index in [9.17, 15) is 18.4 Å². The molecular formula is C18H24F2N2O3. The number of likely N-dealkylation sites (N-methyl/N-ethyl adjacent to an activating group) is 1. The summed E-state index contributed by atoms with van der Waals surface area (Å²) in [4.78, 5) is 25.8. The Bertz CT molecular complexity index is 586. The van der Waals surface area contributed by atoms with Crippen LogP contribution in [-0.4, -0.2) is 36.4 Å². The highest BCUT2D eigenvalue weighted by Crippen LogP contribution is 2.28. The molecule has 138 valence electrons. The van der Waals surface area contributed by atoms with Crippen LogP contribution >= 0.6 is 0 Å². The van der Waals surface area contributed by atoms with E-state index < -0.39 is 12.7 Å². The molecule has 1 unspecified atom stereocenters. The van der Waals surface area contributed by atoms with Crippen molar-refractivity contribution >= 4 is 11.8 Å². The van der Waals surface area contributed by atoms with Gasteiger partial charge in [0.1, 0.15) is 11.8 Å². The van der Waals surface area contributed by atoms with Gasteiger partial charge in [-0.05, 0) is 36.5 Å². The minimum Gasteiger partial charge on any atom is -0.435 e. The molecule has 1 aromatic rings. The van der Waals surface area contributed by atoms with E-state index in [4.69, 9.17) is 0 Å². The second-order valence-corrected chi connectivity index (χ2v) is 6.44. The van der Waals surface area contributed by atoms with E-state index in [-0.39, 0.29) is 23.5 Å². The van der Waals surface area contributed by atoms with Gasteiger partial charge in [-0.15, -0.1) is 0 Å². The van der Waals surface area contributed by atoms with Crippen molar-refractivity contribution in [3.8, 4) is 5.75 Å². The van der Waals surface area contributed by atoms with Gasteiger partial charge in [0.15, 0.2) is 0 Å². The zero-order valence-corrected chi connectivity index (χ0v) is 14.5. The number of rotatable bonds is 7. The molecule has 25 heavy (non-hydrogen) atoms. The number of ether oxygens (including phenoxy) is 1. The number of nitrogens with one attached hydrogen (secondary N) is 1. The van der Waals surface area contributed by atoms with Gasteiger partial charge in [0.05, 0.1) is 0 Å². The fourth-order valence-corrected chi connectivity index (χ4v) is 3.26. The minimum absolute atomic E-state index is 0.0785. The predicted octanol–water partition coefficient (Wildman–Crippen LogP) is 2.94. The molecule has 1 aliphatic rings. The highest BCUT2D eigenvalue weighted by atomic mass is 19.3. The van der Waals surface area contributed by atoms with Crippen LogP contribution in [0.4, 0.5) is 8.78 Å². The van der Waals surface area contributed by atoms with Crippen LogP contribution in [0.3, 0.4) is 0 Å². The third kappa shape index (κ3) is 5.69. The van der Waals surface area contributed by atoms with Gasteiger partial charge in [0, 0.05) is 20.5 Å². The normalized spacial score (nSPS) is 15.9. The SMILES string of the molecule is CC(=O)NC(C(=O)N(C)Cc1ccc(OC(F)F)cc1)C1CCCC1. The molecule has 0 bridgehead atoms. The number of carbonyl (C=O) groups is 2. The number of alkyl halides is 2. The van der Waals surface area contributed by atoms with E-state index in [1.54, 1.807) is 24.1 Å². The molecule has 1 atom stereocenters. The lowest BCUT2D eigenvalue weighted by Gasteiger charge is -2.28. The van der Waals surface area contributed by atoms with Crippen molar-refractivity contribution in [1.82, 2.24) is 10.2 Å². The molecule has 2 amide bonds. The van der Waals surface area contributed by atoms with Crippen molar-refractivity contribution in [3.63, 3.8) is 0 Å². The number of halogens is 2. The van der Waals surface area contributed by atoms with E-state index in [0.29, 0.717) is 6.54 Å². The van der Waals surface area contributed by atoms with Crippen molar-refractivity contribution < 1.29 is 23.1 Å². The Hall–Kier alpha value is -2.18. The second kappa shape index (κ2) is 8.78. The van der Waals surface area contributed by atoms with Crippen LogP contribution in [0, 0.1) is 5.92 Å². The molecule has 1 N–H and O–H groups in total. The van der Waals surface area contributed by atoms with Gasteiger partial charge >= 0.3 is 6.61 Å². The van der Waals surface area contributed by atoms with E-state index >= 15 is 0 Å². The summed E-state index contributed by atoms with van der Waals surface area (Å²) in [6, 6.07) is 5.67.